The maximum atomic E-state index is 12.5. The van der Waals surface area contributed by atoms with Crippen LogP contribution in [0.25, 0.3) is 0 Å². The van der Waals surface area contributed by atoms with E-state index in [0.717, 1.165) is 32.1 Å². The van der Waals surface area contributed by atoms with E-state index >= 15 is 0 Å². The summed E-state index contributed by atoms with van der Waals surface area (Å²) in [6.07, 6.45) is 5.66. The second-order valence-corrected chi connectivity index (χ2v) is 6.41. The molecule has 3 unspecified atom stereocenters. The first kappa shape index (κ1) is 14.4. The molecule has 2 bridgehead atoms. The van der Waals surface area contributed by atoms with Gasteiger partial charge in [0, 0.05) is 25.0 Å². The molecule has 6 heteroatoms. The lowest BCUT2D eigenvalue weighted by Gasteiger charge is -2.27. The van der Waals surface area contributed by atoms with E-state index in [1.165, 1.54) is 0 Å². The molecule has 0 spiro atoms. The summed E-state index contributed by atoms with van der Waals surface area (Å²) in [5.41, 5.74) is 0. The van der Waals surface area contributed by atoms with Gasteiger partial charge in [-0.1, -0.05) is 6.42 Å². The number of carbonyl (C=O) groups excluding carboxylic acids is 2. The number of amides is 2. The molecule has 6 nitrogen and oxygen atoms in total. The zero-order chi connectivity index (χ0) is 15.0. The van der Waals surface area contributed by atoms with Crippen LogP contribution in [0.3, 0.4) is 0 Å². The maximum Gasteiger partial charge on any atom is 0.308 e. The van der Waals surface area contributed by atoms with Crippen molar-refractivity contribution in [3.63, 3.8) is 0 Å². The van der Waals surface area contributed by atoms with E-state index in [0.29, 0.717) is 19.4 Å². The minimum atomic E-state index is -0.800. The number of carbonyl (C=O) groups is 3. The van der Waals surface area contributed by atoms with Gasteiger partial charge in [0.1, 0.15) is 0 Å². The standard InChI is InChI=1S/C15H22N2O4/c18-13-4-2-1-3-7-16(13)9-14(19)17-10-5-6-12(17)11(8-10)15(20)21/h10-12H,1-9H2,(H,20,21). The van der Waals surface area contributed by atoms with Gasteiger partial charge in [-0.05, 0) is 32.1 Å². The van der Waals surface area contributed by atoms with E-state index in [2.05, 4.69) is 0 Å². The molecule has 21 heavy (non-hydrogen) atoms. The molecule has 3 heterocycles. The molecule has 116 valence electrons. The van der Waals surface area contributed by atoms with Crippen LogP contribution in [0, 0.1) is 5.92 Å². The van der Waals surface area contributed by atoms with Gasteiger partial charge in [-0.15, -0.1) is 0 Å². The molecule has 3 rings (SSSR count). The summed E-state index contributed by atoms with van der Waals surface area (Å²) in [7, 11) is 0. The second-order valence-electron chi connectivity index (χ2n) is 6.41. The minimum Gasteiger partial charge on any atom is -0.481 e. The Hall–Kier alpha value is -1.59. The highest BCUT2D eigenvalue weighted by Crippen LogP contribution is 2.41. The van der Waals surface area contributed by atoms with Crippen LogP contribution in [0.5, 0.6) is 0 Å². The molecule has 2 amide bonds. The molecule has 3 saturated heterocycles. The van der Waals surface area contributed by atoms with Crippen LogP contribution in [0.4, 0.5) is 0 Å². The first-order valence-electron chi connectivity index (χ1n) is 7.89. The van der Waals surface area contributed by atoms with Gasteiger partial charge in [0.25, 0.3) is 0 Å². The summed E-state index contributed by atoms with van der Waals surface area (Å²) in [6.45, 7) is 0.772. The predicted octanol–water partition coefficient (Wildman–Crippen LogP) is 0.853. The lowest BCUT2D eigenvalue weighted by atomic mass is 9.89. The number of hydrogen-bond acceptors (Lipinski definition) is 3. The summed E-state index contributed by atoms with van der Waals surface area (Å²) < 4.78 is 0. The zero-order valence-electron chi connectivity index (χ0n) is 12.2. The van der Waals surface area contributed by atoms with Crippen molar-refractivity contribution < 1.29 is 19.5 Å². The number of rotatable bonds is 3. The van der Waals surface area contributed by atoms with Crippen molar-refractivity contribution in [3.05, 3.63) is 0 Å². The zero-order valence-corrected chi connectivity index (χ0v) is 12.2. The van der Waals surface area contributed by atoms with E-state index in [4.69, 9.17) is 0 Å². The fourth-order valence-corrected chi connectivity index (χ4v) is 4.09. The van der Waals surface area contributed by atoms with Gasteiger partial charge in [0.05, 0.1) is 12.5 Å². The molecular weight excluding hydrogens is 272 g/mol. The van der Waals surface area contributed by atoms with E-state index in [9.17, 15) is 19.5 Å². The fourth-order valence-electron chi connectivity index (χ4n) is 4.09. The highest BCUT2D eigenvalue weighted by Gasteiger charge is 2.51. The molecule has 0 aliphatic carbocycles. The van der Waals surface area contributed by atoms with Crippen LogP contribution in [0.1, 0.15) is 44.9 Å². The van der Waals surface area contributed by atoms with Crippen molar-refractivity contribution in [2.24, 2.45) is 5.92 Å². The summed E-state index contributed by atoms with van der Waals surface area (Å²) >= 11 is 0. The average Bonchev–Trinajstić information content (AvgIpc) is 2.96. The van der Waals surface area contributed by atoms with Crippen molar-refractivity contribution in [2.75, 3.05) is 13.1 Å². The minimum absolute atomic E-state index is 0.0576. The summed E-state index contributed by atoms with van der Waals surface area (Å²) in [4.78, 5) is 39.2. The van der Waals surface area contributed by atoms with Crippen molar-refractivity contribution >= 4 is 17.8 Å². The van der Waals surface area contributed by atoms with Crippen LogP contribution in [-0.2, 0) is 14.4 Å². The Balaban J connectivity index is 1.66. The highest BCUT2D eigenvalue weighted by molar-refractivity contribution is 5.86. The average molecular weight is 294 g/mol. The fraction of sp³-hybridized carbons (Fsp3) is 0.800. The number of hydrogen-bond donors (Lipinski definition) is 1. The van der Waals surface area contributed by atoms with Crippen molar-refractivity contribution in [1.82, 2.24) is 9.80 Å². The number of likely N-dealkylation sites (tertiary alicyclic amines) is 1. The Morgan fingerprint density at radius 3 is 2.71 bits per heavy atom. The van der Waals surface area contributed by atoms with E-state index in [1.807, 2.05) is 0 Å². The molecule has 3 atom stereocenters. The monoisotopic (exact) mass is 294 g/mol. The van der Waals surface area contributed by atoms with Crippen LogP contribution < -0.4 is 0 Å². The van der Waals surface area contributed by atoms with Gasteiger partial charge in [0.2, 0.25) is 11.8 Å². The number of aliphatic carboxylic acids is 1. The molecule has 3 aliphatic heterocycles. The topological polar surface area (TPSA) is 77.9 Å². The molecule has 3 aliphatic rings. The number of nitrogens with zero attached hydrogens (tertiary/aromatic N) is 2. The van der Waals surface area contributed by atoms with Gasteiger partial charge >= 0.3 is 5.97 Å². The van der Waals surface area contributed by atoms with Crippen LogP contribution >= 0.6 is 0 Å². The van der Waals surface area contributed by atoms with Crippen LogP contribution in [-0.4, -0.2) is 57.9 Å². The largest absolute Gasteiger partial charge is 0.481 e. The van der Waals surface area contributed by atoms with Gasteiger partial charge in [-0.25, -0.2) is 0 Å². The Bertz CT molecular complexity index is 465. The smallest absolute Gasteiger partial charge is 0.308 e. The van der Waals surface area contributed by atoms with Crippen LogP contribution in [0.15, 0.2) is 0 Å². The first-order valence-corrected chi connectivity index (χ1v) is 7.89. The third-order valence-corrected chi connectivity index (χ3v) is 5.14. The molecule has 0 aromatic heterocycles. The maximum absolute atomic E-state index is 12.5. The highest BCUT2D eigenvalue weighted by atomic mass is 16.4. The first-order chi connectivity index (χ1) is 10.1. The molecular formula is C15H22N2O4. The summed E-state index contributed by atoms with van der Waals surface area (Å²) in [6, 6.07) is -0.104. The predicted molar refractivity (Wildman–Crippen MR) is 74.4 cm³/mol. The SMILES string of the molecule is O=C(O)C1CC2CCC1N2C(=O)CN1CCCCCC1=O. The Morgan fingerprint density at radius 1 is 1.19 bits per heavy atom. The quantitative estimate of drug-likeness (QED) is 0.837. The van der Waals surface area contributed by atoms with Gasteiger partial charge in [-0.2, -0.15) is 0 Å². The molecule has 0 radical (unpaired) electrons. The number of fused-ring (bicyclic) bond motifs is 2. The van der Waals surface area contributed by atoms with Gasteiger partial charge < -0.3 is 14.9 Å². The van der Waals surface area contributed by atoms with E-state index in [1.54, 1.807) is 9.80 Å². The van der Waals surface area contributed by atoms with E-state index in [-0.39, 0.29) is 30.4 Å². The summed E-state index contributed by atoms with van der Waals surface area (Å²) in [5, 5.41) is 9.23. The second kappa shape index (κ2) is 5.66. The van der Waals surface area contributed by atoms with Crippen LogP contribution in [0.2, 0.25) is 0 Å². The number of carboxylic acids is 1. The van der Waals surface area contributed by atoms with Crippen molar-refractivity contribution in [2.45, 2.75) is 57.0 Å². The molecule has 3 fully saturated rings. The Morgan fingerprint density at radius 2 is 2.00 bits per heavy atom. The summed E-state index contributed by atoms with van der Waals surface area (Å²) in [5.74, 6) is -1.23. The third-order valence-electron chi connectivity index (χ3n) is 5.14. The molecule has 0 saturated carbocycles. The van der Waals surface area contributed by atoms with Gasteiger partial charge in [-0.3, -0.25) is 14.4 Å². The number of carboxylic acid groups (broad SMARTS) is 1. The van der Waals surface area contributed by atoms with Gasteiger partial charge in [0.15, 0.2) is 0 Å². The lowest BCUT2D eigenvalue weighted by molar-refractivity contribution is -0.144. The molecule has 0 aromatic rings. The van der Waals surface area contributed by atoms with Crippen molar-refractivity contribution in [3.8, 4) is 0 Å². The third kappa shape index (κ3) is 2.63. The Kier molecular flexibility index (Phi) is 3.87. The normalized spacial score (nSPS) is 32.4. The molecule has 0 aromatic carbocycles. The lowest BCUT2D eigenvalue weighted by Crippen LogP contribution is -2.45. The van der Waals surface area contributed by atoms with Crippen molar-refractivity contribution in [1.29, 1.82) is 0 Å². The Labute approximate surface area is 124 Å². The van der Waals surface area contributed by atoms with E-state index < -0.39 is 11.9 Å². The molecule has 1 N–H and O–H groups in total.